The van der Waals surface area contributed by atoms with E-state index in [9.17, 15) is 13.2 Å². The molecule has 1 amide bonds. The van der Waals surface area contributed by atoms with Gasteiger partial charge in [-0.05, 0) is 37.7 Å². The molecule has 9 heteroatoms. The summed E-state index contributed by atoms with van der Waals surface area (Å²) in [5, 5.41) is 1.18. The van der Waals surface area contributed by atoms with E-state index in [1.165, 1.54) is 34.5 Å². The van der Waals surface area contributed by atoms with Gasteiger partial charge in [-0.15, -0.1) is 0 Å². The fourth-order valence-corrected chi connectivity index (χ4v) is 4.81. The molecule has 0 fully saturated rings. The minimum absolute atomic E-state index is 0.115. The van der Waals surface area contributed by atoms with Gasteiger partial charge in [0.2, 0.25) is 0 Å². The fourth-order valence-electron chi connectivity index (χ4n) is 4.22. The summed E-state index contributed by atoms with van der Waals surface area (Å²) in [5.74, 6) is -0.642. The van der Waals surface area contributed by atoms with Crippen LogP contribution < -0.4 is 5.73 Å². The first-order valence-corrected chi connectivity index (χ1v) is 11.9. The maximum absolute atomic E-state index is 12.0. The number of carbonyl (C=O) groups excluding carboxylic acids is 1. The van der Waals surface area contributed by atoms with Gasteiger partial charge in [-0.3, -0.25) is 14.0 Å². The number of likely N-dealkylation sites (N-methyl/N-ethyl adjacent to an activating group) is 1. The number of nitrogens with two attached hydrogens (primary N) is 1. The molecule has 0 aliphatic carbocycles. The molecule has 8 nitrogen and oxygen atoms in total. The van der Waals surface area contributed by atoms with Gasteiger partial charge in [-0.1, -0.05) is 17.7 Å². The fraction of sp³-hybridized carbons (Fsp3) is 0.364. The number of benzene rings is 1. The number of hydrogen-bond acceptors (Lipinski definition) is 6. The van der Waals surface area contributed by atoms with Crippen molar-refractivity contribution in [2.45, 2.75) is 32.5 Å². The van der Waals surface area contributed by atoms with Crippen molar-refractivity contribution in [1.82, 2.24) is 14.5 Å². The number of amides is 1. The molecule has 0 bridgehead atoms. The molecule has 4 rings (SSSR count). The van der Waals surface area contributed by atoms with Crippen LogP contribution >= 0.6 is 0 Å². The lowest BCUT2D eigenvalue weighted by Gasteiger charge is -2.25. The topological polar surface area (TPSA) is 108 Å². The molecule has 1 atom stereocenters. The molecule has 164 valence electrons. The van der Waals surface area contributed by atoms with Gasteiger partial charge in [0, 0.05) is 47.9 Å². The average molecular weight is 443 g/mol. The van der Waals surface area contributed by atoms with Crippen LogP contribution in [0, 0.1) is 6.92 Å². The van der Waals surface area contributed by atoms with Gasteiger partial charge < -0.3 is 15.2 Å². The Hall–Kier alpha value is -2.75. The number of hydrogen-bond donors (Lipinski definition) is 1. The zero-order chi connectivity index (χ0) is 22.3. The Kier molecular flexibility index (Phi) is 5.59. The van der Waals surface area contributed by atoms with Gasteiger partial charge in [-0.25, -0.2) is 0 Å². The quantitative estimate of drug-likeness (QED) is 0.586. The molecular weight excluding hydrogens is 416 g/mol. The lowest BCUT2D eigenvalue weighted by atomic mass is 10.0. The van der Waals surface area contributed by atoms with Crippen LogP contribution in [0.15, 0.2) is 36.5 Å². The van der Waals surface area contributed by atoms with Crippen LogP contribution in [0.25, 0.3) is 10.9 Å². The van der Waals surface area contributed by atoms with E-state index in [1.807, 2.05) is 0 Å². The highest BCUT2D eigenvalue weighted by Gasteiger charge is 2.26. The summed E-state index contributed by atoms with van der Waals surface area (Å²) in [6.45, 7) is 4.14. The van der Waals surface area contributed by atoms with E-state index in [4.69, 9.17) is 9.92 Å². The van der Waals surface area contributed by atoms with Crippen LogP contribution in [0.5, 0.6) is 0 Å². The SMILES string of the molecule is Cc1ccc2c(c1)c1c(n2CC(OS(C)(=O)=O)c2ccc(C(N)=O)nc2)CCN(C)C1. The largest absolute Gasteiger partial charge is 0.364 e. The molecule has 31 heavy (non-hydrogen) atoms. The van der Waals surface area contributed by atoms with E-state index in [-0.39, 0.29) is 5.69 Å². The van der Waals surface area contributed by atoms with Crippen molar-refractivity contribution in [3.63, 3.8) is 0 Å². The second kappa shape index (κ2) is 8.07. The molecule has 0 saturated carbocycles. The highest BCUT2D eigenvalue weighted by molar-refractivity contribution is 7.86. The van der Waals surface area contributed by atoms with Crippen molar-refractivity contribution in [2.24, 2.45) is 5.73 Å². The number of carbonyl (C=O) groups is 1. The van der Waals surface area contributed by atoms with Crippen molar-refractivity contribution >= 4 is 26.9 Å². The molecule has 1 aromatic carbocycles. The first-order valence-electron chi connectivity index (χ1n) is 10.1. The summed E-state index contributed by atoms with van der Waals surface area (Å²) < 4.78 is 31.7. The predicted octanol–water partition coefficient (Wildman–Crippen LogP) is 2.15. The van der Waals surface area contributed by atoms with E-state index in [2.05, 4.69) is 46.6 Å². The predicted molar refractivity (Wildman–Crippen MR) is 118 cm³/mol. The Morgan fingerprint density at radius 1 is 1.29 bits per heavy atom. The Balaban J connectivity index is 1.81. The Bertz CT molecular complexity index is 1250. The molecule has 1 unspecified atom stereocenters. The van der Waals surface area contributed by atoms with E-state index >= 15 is 0 Å². The van der Waals surface area contributed by atoms with Crippen molar-refractivity contribution in [2.75, 3.05) is 19.8 Å². The molecule has 2 N–H and O–H groups in total. The second-order valence-corrected chi connectivity index (χ2v) is 9.77. The third-order valence-electron chi connectivity index (χ3n) is 5.65. The maximum Gasteiger partial charge on any atom is 0.267 e. The number of pyridine rings is 1. The standard InChI is InChI=1S/C22H26N4O4S/c1-14-4-7-19-16(10-14)17-12-25(2)9-8-20(17)26(19)13-21(30-31(3,28)29)15-5-6-18(22(23)27)24-11-15/h4-7,10-11,21H,8-9,12-13H2,1-3H3,(H2,23,27). The van der Waals surface area contributed by atoms with Gasteiger partial charge in [0.15, 0.2) is 0 Å². The van der Waals surface area contributed by atoms with Crippen molar-refractivity contribution in [1.29, 1.82) is 0 Å². The number of rotatable bonds is 6. The summed E-state index contributed by atoms with van der Waals surface area (Å²) in [4.78, 5) is 17.7. The lowest BCUT2D eigenvalue weighted by Crippen LogP contribution is -2.28. The summed E-state index contributed by atoms with van der Waals surface area (Å²) in [7, 11) is -1.63. The number of primary amides is 1. The molecule has 3 aromatic rings. The summed E-state index contributed by atoms with van der Waals surface area (Å²) in [5.41, 5.74) is 10.6. The van der Waals surface area contributed by atoms with Crippen molar-refractivity contribution < 1.29 is 17.4 Å². The van der Waals surface area contributed by atoms with Crippen LogP contribution in [0.4, 0.5) is 0 Å². The monoisotopic (exact) mass is 442 g/mol. The van der Waals surface area contributed by atoms with E-state index < -0.39 is 22.1 Å². The molecule has 0 radical (unpaired) electrons. The van der Waals surface area contributed by atoms with Crippen LogP contribution in [0.3, 0.4) is 0 Å². The number of aryl methyl sites for hydroxylation is 1. The first kappa shape index (κ1) is 21.5. The van der Waals surface area contributed by atoms with Crippen LogP contribution in [0.2, 0.25) is 0 Å². The minimum atomic E-state index is -3.73. The van der Waals surface area contributed by atoms with E-state index in [1.54, 1.807) is 6.07 Å². The van der Waals surface area contributed by atoms with E-state index in [0.29, 0.717) is 12.1 Å². The Morgan fingerprint density at radius 2 is 2.06 bits per heavy atom. The van der Waals surface area contributed by atoms with Crippen LogP contribution in [-0.4, -0.2) is 48.6 Å². The molecular formula is C22H26N4O4S. The summed E-state index contributed by atoms with van der Waals surface area (Å²) >= 11 is 0. The minimum Gasteiger partial charge on any atom is -0.364 e. The van der Waals surface area contributed by atoms with Gasteiger partial charge in [0.1, 0.15) is 11.8 Å². The van der Waals surface area contributed by atoms with Crippen molar-refractivity contribution in [3.8, 4) is 0 Å². The Morgan fingerprint density at radius 3 is 2.71 bits per heavy atom. The van der Waals surface area contributed by atoms with Gasteiger partial charge in [0.05, 0.1) is 12.8 Å². The normalized spacial score (nSPS) is 15.7. The lowest BCUT2D eigenvalue weighted by molar-refractivity contribution is 0.0995. The van der Waals surface area contributed by atoms with E-state index in [0.717, 1.165) is 31.3 Å². The molecule has 2 aromatic heterocycles. The van der Waals surface area contributed by atoms with Crippen LogP contribution in [-0.2, 0) is 33.8 Å². The average Bonchev–Trinajstić information content (AvgIpc) is 2.99. The molecule has 1 aliphatic rings. The number of nitrogens with zero attached hydrogens (tertiary/aromatic N) is 3. The zero-order valence-electron chi connectivity index (χ0n) is 17.8. The van der Waals surface area contributed by atoms with Crippen molar-refractivity contribution in [3.05, 3.63) is 64.6 Å². The molecule has 0 saturated heterocycles. The third-order valence-corrected chi connectivity index (χ3v) is 6.23. The van der Waals surface area contributed by atoms with Crippen LogP contribution in [0.1, 0.15) is 39.0 Å². The van der Waals surface area contributed by atoms with Gasteiger partial charge in [-0.2, -0.15) is 8.42 Å². The third kappa shape index (κ3) is 4.48. The highest BCUT2D eigenvalue weighted by Crippen LogP contribution is 2.34. The Labute approximate surface area is 181 Å². The second-order valence-electron chi connectivity index (χ2n) is 8.17. The van der Waals surface area contributed by atoms with Gasteiger partial charge in [0.25, 0.3) is 16.0 Å². The zero-order valence-corrected chi connectivity index (χ0v) is 18.6. The maximum atomic E-state index is 12.0. The molecule has 3 heterocycles. The molecule has 1 aliphatic heterocycles. The smallest absolute Gasteiger partial charge is 0.267 e. The summed E-state index contributed by atoms with van der Waals surface area (Å²) in [6.07, 6.45) is 2.56. The highest BCUT2D eigenvalue weighted by atomic mass is 32.2. The number of fused-ring (bicyclic) bond motifs is 3. The summed E-state index contributed by atoms with van der Waals surface area (Å²) in [6, 6.07) is 9.44. The molecule has 0 spiro atoms. The number of aromatic nitrogens is 2. The van der Waals surface area contributed by atoms with Gasteiger partial charge >= 0.3 is 0 Å². The first-order chi connectivity index (χ1) is 14.6.